The van der Waals surface area contributed by atoms with E-state index < -0.39 is 10.2 Å². The Kier molecular flexibility index (Phi) is 5.63. The highest BCUT2D eigenvalue weighted by atomic mass is 17.2. The molecule has 0 saturated heterocycles. The number of nitrogens with two attached hydrogens (primary N) is 2. The maximum absolute atomic E-state index is 9.40. The summed E-state index contributed by atoms with van der Waals surface area (Å²) in [6.45, 7) is 0. The van der Waals surface area contributed by atoms with Gasteiger partial charge in [-0.1, -0.05) is 4.94 Å². The van der Waals surface area contributed by atoms with Crippen molar-refractivity contribution in [2.45, 2.75) is 0 Å². The number of rotatable bonds is 1. The second-order valence-electron chi connectivity index (χ2n) is 0.907. The van der Waals surface area contributed by atoms with E-state index in [9.17, 15) is 5.21 Å². The fraction of sp³-hybridized carbons (Fsp3) is 0. The van der Waals surface area contributed by atoms with E-state index in [1.807, 2.05) is 0 Å². The van der Waals surface area contributed by atoms with Crippen molar-refractivity contribution >= 4 is 0 Å². The first-order valence-electron chi connectivity index (χ1n) is 1.62. The van der Waals surface area contributed by atoms with Crippen LogP contribution in [0.3, 0.4) is 0 Å². The summed E-state index contributed by atoms with van der Waals surface area (Å²) in [6, 6.07) is 0. The molecule has 0 rings (SSSR count). The monoisotopic (exact) mass is 158 g/mol. The van der Waals surface area contributed by atoms with Crippen molar-refractivity contribution < 1.29 is 25.5 Å². The Morgan fingerprint density at radius 1 is 1.70 bits per heavy atom. The normalized spacial score (nSPS) is 14.4. The van der Waals surface area contributed by atoms with Crippen LogP contribution in [0.4, 0.5) is 0 Å². The molecular weight excluding hydrogens is 152 g/mol. The van der Waals surface area contributed by atoms with Gasteiger partial charge in [0.1, 0.15) is 0 Å². The summed E-state index contributed by atoms with van der Waals surface area (Å²) >= 11 is 0. The van der Waals surface area contributed by atoms with Gasteiger partial charge in [0.05, 0.1) is 0 Å². The molecule has 0 saturated carbocycles. The van der Waals surface area contributed by atoms with E-state index in [1.54, 1.807) is 0 Å². The first kappa shape index (κ1) is 11.7. The highest BCUT2D eigenvalue weighted by Crippen LogP contribution is 1.77. The molecule has 0 aliphatic heterocycles. The van der Waals surface area contributed by atoms with Gasteiger partial charge in [0.25, 0.3) is 5.09 Å². The minimum atomic E-state index is -2.40. The predicted molar refractivity (Wildman–Crippen MR) is 23.7 cm³/mol. The van der Waals surface area contributed by atoms with Crippen LogP contribution in [-0.2, 0) is 4.94 Å². The Labute approximate surface area is 53.9 Å². The van der Waals surface area contributed by atoms with Crippen LogP contribution in [0, 0.1) is 15.3 Å². The topological polar surface area (TPSA) is 168 Å². The second kappa shape index (κ2) is 4.80. The third-order valence-electron chi connectivity index (χ3n) is 0.151. The molecule has 0 aromatic carbocycles. The molecule has 0 bridgehead atoms. The zero-order valence-corrected chi connectivity index (χ0v) is 4.58. The minimum Gasteiger partial charge on any atom is -0.542 e. The molecule has 10 heteroatoms. The summed E-state index contributed by atoms with van der Waals surface area (Å²) in [7, 11) is 0. The summed E-state index contributed by atoms with van der Waals surface area (Å²) in [5.41, 5.74) is 0. The Hall–Kier alpha value is -1.04. The van der Waals surface area contributed by atoms with Crippen LogP contribution in [0.15, 0.2) is 0 Å². The van der Waals surface area contributed by atoms with Gasteiger partial charge in [-0.05, 0) is 0 Å². The van der Waals surface area contributed by atoms with E-state index in [0.29, 0.717) is 0 Å². The molecule has 6 N–H and O–H groups in total. The molecule has 0 fully saturated rings. The molecule has 62 valence electrons. The van der Waals surface area contributed by atoms with Crippen molar-refractivity contribution in [1.29, 1.82) is 0 Å². The Morgan fingerprint density at radius 3 is 1.80 bits per heavy atom. The molecule has 0 amide bonds. The van der Waals surface area contributed by atoms with E-state index in [2.05, 4.69) is 16.7 Å². The highest BCUT2D eigenvalue weighted by Gasteiger charge is 1.99. The van der Waals surface area contributed by atoms with Gasteiger partial charge >= 0.3 is 0 Å². The molecule has 1 unspecified atom stereocenters. The first-order valence-corrected chi connectivity index (χ1v) is 1.62. The van der Waals surface area contributed by atoms with Crippen LogP contribution in [0.25, 0.3) is 0 Å². The summed E-state index contributed by atoms with van der Waals surface area (Å²) in [4.78, 5) is 11.5. The lowest BCUT2D eigenvalue weighted by molar-refractivity contribution is -1.22. The average molecular weight is 158 g/mol. The van der Waals surface area contributed by atoms with E-state index in [0.717, 1.165) is 0 Å². The van der Waals surface area contributed by atoms with Crippen LogP contribution >= 0.6 is 0 Å². The summed E-state index contributed by atoms with van der Waals surface area (Å²) in [6.07, 6.45) is 0. The zero-order chi connectivity index (χ0) is 8.78. The molecule has 0 radical (unpaired) electrons. The maximum Gasteiger partial charge on any atom is 0.291 e. The molecule has 1 atom stereocenters. The van der Waals surface area contributed by atoms with Gasteiger partial charge in [0.15, 0.2) is 0 Å². The molecule has 0 aliphatic carbocycles. The van der Waals surface area contributed by atoms with Gasteiger partial charge in [-0.2, -0.15) is 11.1 Å². The fourth-order valence-electron chi connectivity index (χ4n) is 0. The lowest BCUT2D eigenvalue weighted by atomic mass is 12.5. The van der Waals surface area contributed by atoms with Crippen LogP contribution in [-0.4, -0.2) is 20.6 Å². The van der Waals surface area contributed by atoms with Crippen molar-refractivity contribution in [3.05, 3.63) is 15.3 Å². The van der Waals surface area contributed by atoms with Crippen LogP contribution in [0.5, 0.6) is 0 Å². The van der Waals surface area contributed by atoms with Crippen LogP contribution in [0.1, 0.15) is 0 Å². The quantitative estimate of drug-likeness (QED) is 0.147. The van der Waals surface area contributed by atoms with E-state index in [4.69, 9.17) is 20.5 Å². The third kappa shape index (κ3) is 64.4. The Morgan fingerprint density at radius 2 is 1.80 bits per heavy atom. The molecule has 10 heavy (non-hydrogen) atoms. The SMILES string of the molecule is NO[N+](N)([O-])O.O=[N+]([O-])O. The maximum atomic E-state index is 9.40. The molecule has 0 aromatic heterocycles. The lowest BCUT2D eigenvalue weighted by Crippen LogP contribution is -2.47. The fourth-order valence-corrected chi connectivity index (χ4v) is 0. The molecule has 10 nitrogen and oxygen atoms in total. The van der Waals surface area contributed by atoms with Crippen molar-refractivity contribution in [3.8, 4) is 0 Å². The number of nitrogens with zero attached hydrogens (tertiary/aromatic N) is 2. The summed E-state index contributed by atoms with van der Waals surface area (Å²) in [5, 5.41) is 28.3. The van der Waals surface area contributed by atoms with Gasteiger partial charge in [0, 0.05) is 5.08 Å². The molecule has 0 aromatic rings. The van der Waals surface area contributed by atoms with E-state index in [1.165, 1.54) is 0 Å². The van der Waals surface area contributed by atoms with Crippen LogP contribution < -0.4 is 11.7 Å². The molecule has 0 heterocycles. The van der Waals surface area contributed by atoms with Crippen molar-refractivity contribution in [2.75, 3.05) is 0 Å². The predicted octanol–water partition coefficient (Wildman–Crippen LogP) is -1.98. The smallest absolute Gasteiger partial charge is 0.291 e. The van der Waals surface area contributed by atoms with Gasteiger partial charge in [-0.15, -0.1) is 16.0 Å². The van der Waals surface area contributed by atoms with Gasteiger partial charge in [-0.25, -0.2) is 0 Å². The Bertz CT molecular complexity index is 88.4. The summed E-state index contributed by atoms with van der Waals surface area (Å²) < 4.78 is 0. The lowest BCUT2D eigenvalue weighted by Gasteiger charge is -2.18. The molecular formula is H6N4O6. The average Bonchev–Trinajstić information content (AvgIpc) is 1.63. The largest absolute Gasteiger partial charge is 0.542 e. The molecule has 0 aliphatic rings. The van der Waals surface area contributed by atoms with Crippen molar-refractivity contribution in [2.24, 2.45) is 11.7 Å². The first-order chi connectivity index (χ1) is 4.29. The minimum absolute atomic E-state index is 1.50. The van der Waals surface area contributed by atoms with Crippen LogP contribution in [0.2, 0.25) is 0 Å². The van der Waals surface area contributed by atoms with Gasteiger partial charge in [0.2, 0.25) is 0 Å². The Balaban J connectivity index is 0. The highest BCUT2D eigenvalue weighted by molar-refractivity contribution is 3.84. The van der Waals surface area contributed by atoms with Gasteiger partial charge < -0.3 is 10.4 Å². The standard InChI is InChI=1S/H5N3O3.HNO3/c1-3(4,5)6-2;2-1(3)4/h4H,1-2H2;(H,2,3,4). The van der Waals surface area contributed by atoms with E-state index >= 15 is 0 Å². The second-order valence-corrected chi connectivity index (χ2v) is 0.907. The zero-order valence-electron chi connectivity index (χ0n) is 4.58. The number of quaternary nitrogens is 1. The number of hydrogen-bond acceptors (Lipinski definition) is 7. The number of hydrogen-bond donors (Lipinski definition) is 4. The van der Waals surface area contributed by atoms with Crippen molar-refractivity contribution in [1.82, 2.24) is 0 Å². The van der Waals surface area contributed by atoms with Crippen molar-refractivity contribution in [3.63, 3.8) is 0 Å². The summed E-state index contributed by atoms with van der Waals surface area (Å²) in [5.74, 6) is 8.22. The molecule has 0 spiro atoms. The van der Waals surface area contributed by atoms with Gasteiger partial charge in [-0.3, -0.25) is 0 Å². The van der Waals surface area contributed by atoms with E-state index in [-0.39, 0.29) is 0 Å². The third-order valence-corrected chi connectivity index (χ3v) is 0.151.